The summed E-state index contributed by atoms with van der Waals surface area (Å²) in [6, 6.07) is 22.1. The number of benzene rings is 8. The summed E-state index contributed by atoms with van der Waals surface area (Å²) in [6.07, 6.45) is -43.2. The number of fused-ring (bicyclic) bond motifs is 4. The van der Waals surface area contributed by atoms with Crippen LogP contribution in [0.4, 0.5) is 105 Å². The lowest BCUT2D eigenvalue weighted by molar-refractivity contribution is -0.144. The van der Waals surface area contributed by atoms with Crippen LogP contribution in [0.2, 0.25) is 0 Å². The van der Waals surface area contributed by atoms with Crippen molar-refractivity contribution >= 4 is 92.6 Å². The summed E-state index contributed by atoms with van der Waals surface area (Å²) in [7, 11) is 0. The van der Waals surface area contributed by atoms with Crippen LogP contribution < -0.4 is 45.8 Å². The van der Waals surface area contributed by atoms with Crippen molar-refractivity contribution in [2.75, 3.05) is 5.53 Å². The van der Waals surface area contributed by atoms with Gasteiger partial charge >= 0.3 is 73.3 Å². The van der Waals surface area contributed by atoms with Crippen molar-refractivity contribution in [1.29, 1.82) is 0 Å². The number of alkyl halides is 24. The molecule has 3 N–H and O–H groups in total. The molecule has 0 saturated carbocycles. The van der Waals surface area contributed by atoms with Gasteiger partial charge in [-0.2, -0.15) is 105 Å². The van der Waals surface area contributed by atoms with Gasteiger partial charge in [0.2, 0.25) is 0 Å². The Morgan fingerprint density at radius 1 is 0.336 bits per heavy atom. The second kappa shape index (κ2) is 30.4. The Balaban J connectivity index is 0.996. The first-order valence-electron chi connectivity index (χ1n) is 34.2. The Kier molecular flexibility index (Phi) is 21.5. The van der Waals surface area contributed by atoms with Gasteiger partial charge in [0.1, 0.15) is 28.5 Å². The molecule has 14 rings (SSSR count). The maximum atomic E-state index is 14.0. The maximum Gasteiger partial charge on any atom is 0.416 e. The smallest absolute Gasteiger partial charge is 0.416 e. The number of nitrogens with zero attached hydrogens (tertiary/aromatic N) is 2. The standard InChI is InChI=1S/C81H39Cl4F24N5O8/c1-73-61(37-8-16-41(17-9-37)72(118)122-53-32-48(80(104,105)106)25-49(33-53)81(107,108)109)57-21-20-55-59(35-4-12-39(13-5-35)70(116)120-51-28-44(76(92,93)94)23-45(29-51)77(95,96)97)66-63(83)62(82)65(110-66)58(34-2-10-38(11-3-34)69(115)119-50-26-42(74(86,87)88)22-43(27-50)75(89,90)91)54-18-19-56(113(54)112-114(55)57)60(67(111-73)64(84)68(73)85)36-6-14-40(15-7-36)71(117)121-52-30-46(78(98,99)100)24-47(31-52)79(101,102)103/h2-33,66,110-112H,1H3/b59-55-,61-57-,65-58-,67-60-. The average molecular weight is 1810 g/mol. The van der Waals surface area contributed by atoms with Gasteiger partial charge in [0.05, 0.1) is 126 Å². The molecule has 10 aromatic rings. The predicted molar refractivity (Wildman–Crippen MR) is 387 cm³/mol. The maximum absolute atomic E-state index is 14.0. The van der Waals surface area contributed by atoms with Crippen LogP contribution in [-0.4, -0.2) is 44.8 Å². The molecule has 632 valence electrons. The Labute approximate surface area is 686 Å². The third-order valence-corrected chi connectivity index (χ3v) is 21.2. The molecule has 4 aliphatic rings. The van der Waals surface area contributed by atoms with Gasteiger partial charge in [-0.15, -0.1) is 0 Å². The molecule has 2 unspecified atom stereocenters. The molecule has 41 heteroatoms. The van der Waals surface area contributed by atoms with E-state index in [4.69, 9.17) is 65.4 Å². The second-order valence-electron chi connectivity index (χ2n) is 27.2. The molecule has 13 nitrogen and oxygen atoms in total. The molecule has 0 amide bonds. The molecule has 0 aliphatic carbocycles. The predicted octanol–water partition coefficient (Wildman–Crippen LogP) is 22.0. The van der Waals surface area contributed by atoms with E-state index in [1.54, 1.807) is 0 Å². The minimum absolute atomic E-state index is 0.00347. The fourth-order valence-corrected chi connectivity index (χ4v) is 14.7. The highest BCUT2D eigenvalue weighted by molar-refractivity contribution is 6.44. The number of carbonyl (C=O) groups is 4. The minimum Gasteiger partial charge on any atom is -0.423 e. The molecule has 4 aliphatic heterocycles. The van der Waals surface area contributed by atoms with Crippen molar-refractivity contribution in [3.05, 3.63) is 337 Å². The number of esters is 4. The Morgan fingerprint density at radius 3 is 0.918 bits per heavy atom. The van der Waals surface area contributed by atoms with Crippen LogP contribution in [0.3, 0.4) is 0 Å². The fraction of sp³-hybridized carbons (Fsp3) is 0.136. The zero-order valence-corrected chi connectivity index (χ0v) is 62.8. The molecule has 0 radical (unpaired) electrons. The van der Waals surface area contributed by atoms with E-state index < -0.39 is 175 Å². The van der Waals surface area contributed by atoms with Crippen LogP contribution in [0.15, 0.2) is 226 Å². The Bertz CT molecular complexity index is 6180. The number of halogens is 28. The van der Waals surface area contributed by atoms with Crippen LogP contribution in [0.25, 0.3) is 22.3 Å². The van der Waals surface area contributed by atoms with Gasteiger partial charge < -0.3 is 29.6 Å². The van der Waals surface area contributed by atoms with Crippen LogP contribution >= 0.6 is 46.4 Å². The van der Waals surface area contributed by atoms with Crippen molar-refractivity contribution in [3.63, 3.8) is 0 Å². The molecule has 0 spiro atoms. The summed E-state index contributed by atoms with van der Waals surface area (Å²) < 4.78 is 360. The normalized spacial score (nSPS) is 18.6. The lowest BCUT2D eigenvalue weighted by atomic mass is 9.86. The SMILES string of the molecule is CC12N/C(=C(/c3ccc(C(=O)Oc4cc(C(F)(F)F)cc(C(F)(F)F)c4)cc3)c3ccc4n3Nn3/c(cc/c3=C/1c1ccc(C(=O)Oc3cc(C(F)(F)F)cc(C(F)(F)F)c3)cc1)=C(/c1ccc(C(=O)Oc3cc(C(F)(F)F)cc(C(F)(F)F)c3)cc1)C1N/C(=C\4c3ccc(C(=O)Oc4cc(C(F)(F)F)cc(C(F)(F)F)c4)cc3)C(Cl)=C1Cl)C(Cl)=C2Cl. The monoisotopic (exact) mass is 1810 g/mol. The number of aromatic nitrogens is 2. The van der Waals surface area contributed by atoms with E-state index in [9.17, 15) is 125 Å². The van der Waals surface area contributed by atoms with E-state index in [1.165, 1.54) is 89.1 Å². The van der Waals surface area contributed by atoms with Crippen LogP contribution in [0, 0.1) is 0 Å². The van der Waals surface area contributed by atoms with Crippen molar-refractivity contribution in [2.24, 2.45) is 0 Å². The number of nitrogens with one attached hydrogen (secondary N) is 3. The quantitative estimate of drug-likeness (QED) is 0.0609. The molecule has 0 fully saturated rings. The lowest BCUT2D eigenvalue weighted by Gasteiger charge is -2.33. The molecular formula is C81H39Cl4F24N5O8. The Hall–Kier alpha value is -12.2. The van der Waals surface area contributed by atoms with Crippen molar-refractivity contribution in [2.45, 2.75) is 67.9 Å². The van der Waals surface area contributed by atoms with Gasteiger partial charge in [-0.05, 0) is 175 Å². The number of ether oxygens (including phenoxy) is 4. The molecule has 6 heterocycles. The topological polar surface area (TPSA) is 151 Å². The van der Waals surface area contributed by atoms with Gasteiger partial charge in [-0.3, -0.25) is 0 Å². The van der Waals surface area contributed by atoms with Crippen molar-refractivity contribution < 1.29 is 143 Å². The van der Waals surface area contributed by atoms with E-state index in [-0.39, 0.29) is 171 Å². The van der Waals surface area contributed by atoms with Gasteiger partial charge in [0.15, 0.2) is 0 Å². The first-order valence-corrected chi connectivity index (χ1v) is 35.7. The van der Waals surface area contributed by atoms with Crippen LogP contribution in [0.1, 0.15) is 127 Å². The highest BCUT2D eigenvalue weighted by Crippen LogP contribution is 2.51. The number of hydrogen-bond acceptors (Lipinski definition) is 11. The third kappa shape index (κ3) is 16.8. The summed E-state index contributed by atoms with van der Waals surface area (Å²) in [6.45, 7) is 1.45. The van der Waals surface area contributed by atoms with E-state index in [0.29, 0.717) is 0 Å². The van der Waals surface area contributed by atoms with Gasteiger partial charge in [-0.1, -0.05) is 94.9 Å². The third-order valence-electron chi connectivity index (χ3n) is 19.2. The summed E-state index contributed by atoms with van der Waals surface area (Å²) >= 11 is 29.9. The molecular weight excluding hydrogens is 1770 g/mol. The van der Waals surface area contributed by atoms with Crippen molar-refractivity contribution in [3.8, 4) is 23.0 Å². The van der Waals surface area contributed by atoms with E-state index in [2.05, 4.69) is 16.2 Å². The zero-order chi connectivity index (χ0) is 88.7. The van der Waals surface area contributed by atoms with E-state index in [0.717, 1.165) is 48.5 Å². The first-order chi connectivity index (χ1) is 56.6. The lowest BCUT2D eigenvalue weighted by Crippen LogP contribution is -2.49. The number of carbonyl (C=O) groups excluding carboxylic acids is 4. The highest BCUT2D eigenvalue weighted by Gasteiger charge is 2.48. The number of allylic oxidation sites excluding steroid dienone is 2. The molecule has 6 bridgehead atoms. The number of hydrogen-bond donors (Lipinski definition) is 3. The van der Waals surface area contributed by atoms with Gasteiger partial charge in [0, 0.05) is 22.3 Å². The summed E-state index contributed by atoms with van der Waals surface area (Å²) in [4.78, 5) is 55.8. The molecule has 0 saturated heterocycles. The number of rotatable bonds is 12. The van der Waals surface area contributed by atoms with E-state index >= 15 is 0 Å². The minimum atomic E-state index is -5.40. The molecule has 8 aromatic carbocycles. The molecule has 2 aromatic heterocycles. The second-order valence-corrected chi connectivity index (χ2v) is 28.8. The van der Waals surface area contributed by atoms with Gasteiger partial charge in [0.25, 0.3) is 0 Å². The van der Waals surface area contributed by atoms with Gasteiger partial charge in [-0.25, -0.2) is 34.1 Å². The Morgan fingerprint density at radius 2 is 0.615 bits per heavy atom. The van der Waals surface area contributed by atoms with Crippen molar-refractivity contribution in [1.82, 2.24) is 20.0 Å². The summed E-state index contributed by atoms with van der Waals surface area (Å²) in [5.74, 6) is -10.9. The first kappa shape index (κ1) is 86.2. The zero-order valence-electron chi connectivity index (χ0n) is 59.8. The van der Waals surface area contributed by atoms with Crippen LogP contribution in [0.5, 0.6) is 23.0 Å². The summed E-state index contributed by atoms with van der Waals surface area (Å²) in [5, 5.41) is 5.25. The molecule has 122 heavy (non-hydrogen) atoms. The fourth-order valence-electron chi connectivity index (χ4n) is 13.6. The molecule has 2 atom stereocenters. The van der Waals surface area contributed by atoms with E-state index in [1.807, 2.05) is 0 Å². The summed E-state index contributed by atoms with van der Waals surface area (Å²) in [5.41, 5.74) is -16.3. The largest absolute Gasteiger partial charge is 0.423 e. The highest BCUT2D eigenvalue weighted by atomic mass is 35.5. The van der Waals surface area contributed by atoms with Crippen LogP contribution in [-0.2, 0) is 49.4 Å². The average Bonchev–Trinajstić information content (AvgIpc) is 1.55.